The van der Waals surface area contributed by atoms with Crippen LogP contribution in [-0.2, 0) is 39.5 Å². The van der Waals surface area contributed by atoms with Gasteiger partial charge in [0, 0.05) is 50.4 Å². The average molecular weight is 891 g/mol. The Kier molecular flexibility index (Phi) is 19.2. The Bertz CT molecular complexity index is 2050. The van der Waals surface area contributed by atoms with E-state index in [2.05, 4.69) is 142 Å². The van der Waals surface area contributed by atoms with Crippen LogP contribution < -0.4 is 60.9 Å². The minimum atomic E-state index is -4.94. The fourth-order valence-corrected chi connectivity index (χ4v) is 8.65. The second kappa shape index (κ2) is 23.5. The SMILES string of the molecule is CCOCC.O=S(=O)([O-])C(n1cccn1)(n1cccn1)n1cccn1.[Na+].[Ru+2].c1[nH+]n[n-]c1-c1nn[n-]n1.c1ccc([PH+](c2ccccc2)c2ccccc2)cc1. The Hall–Kier alpha value is -4.58. The minimum absolute atomic E-state index is 0. The maximum Gasteiger partial charge on any atom is 2.00 e. The van der Waals surface area contributed by atoms with Crippen molar-refractivity contribution < 1.29 is 71.8 Å². The second-order valence-electron chi connectivity index (χ2n) is 10.7. The minimum Gasteiger partial charge on any atom is -0.743 e. The Morgan fingerprint density at radius 2 is 1.16 bits per heavy atom. The normalized spacial score (nSPS) is 10.6. The molecule has 0 spiro atoms. The number of nitrogens with one attached hydrogen (secondary N) is 1. The molecule has 1 N–H and O–H groups in total. The van der Waals surface area contributed by atoms with Crippen LogP contribution in [0.25, 0.3) is 11.5 Å². The first-order valence-corrected chi connectivity index (χ1v) is 19.4. The molecule has 8 rings (SSSR count). The molecule has 56 heavy (non-hydrogen) atoms. The molecule has 17 nitrogen and oxygen atoms in total. The van der Waals surface area contributed by atoms with E-state index in [1.54, 1.807) is 6.20 Å². The summed E-state index contributed by atoms with van der Waals surface area (Å²) in [6, 6.07) is 37.0. The van der Waals surface area contributed by atoms with Gasteiger partial charge in [0.15, 0.2) is 10.1 Å². The van der Waals surface area contributed by atoms with Crippen molar-refractivity contribution >= 4 is 34.0 Å². The van der Waals surface area contributed by atoms with E-state index in [4.69, 9.17) is 4.74 Å². The molecule has 3 aromatic carbocycles. The van der Waals surface area contributed by atoms with E-state index < -0.39 is 23.2 Å². The molecule has 21 heteroatoms. The number of aromatic amines is 1. The molecule has 5 aromatic heterocycles. The third-order valence-electron chi connectivity index (χ3n) is 7.30. The summed E-state index contributed by atoms with van der Waals surface area (Å²) < 4.78 is 43.9. The van der Waals surface area contributed by atoms with Gasteiger partial charge >= 0.3 is 54.2 Å². The number of tetrazole rings is 1. The van der Waals surface area contributed by atoms with E-state index in [1.807, 2.05) is 13.8 Å². The first-order valence-electron chi connectivity index (χ1n) is 16.5. The quantitative estimate of drug-likeness (QED) is 0.0859. The molecule has 0 atom stereocenters. The molecule has 0 saturated carbocycles. The van der Waals surface area contributed by atoms with Crippen LogP contribution in [0.2, 0.25) is 0 Å². The average Bonchev–Trinajstić information content (AvgIpc) is 4.04. The summed E-state index contributed by atoms with van der Waals surface area (Å²) in [5.41, 5.74) is 0.546. The van der Waals surface area contributed by atoms with Crippen LogP contribution in [0, 0.1) is 0 Å². The van der Waals surface area contributed by atoms with Crippen molar-refractivity contribution in [2.75, 3.05) is 13.2 Å². The van der Waals surface area contributed by atoms with Crippen molar-refractivity contribution in [2.24, 2.45) is 0 Å². The van der Waals surface area contributed by atoms with Gasteiger partial charge in [-0.05, 0) is 68.4 Å². The first kappa shape index (κ1) is 45.8. The van der Waals surface area contributed by atoms with E-state index in [0.29, 0.717) is 11.5 Å². The predicted molar refractivity (Wildman–Crippen MR) is 200 cm³/mol. The summed E-state index contributed by atoms with van der Waals surface area (Å²) in [5, 5.41) is 37.0. The second-order valence-corrected chi connectivity index (χ2v) is 14.6. The maximum absolute atomic E-state index is 12.0. The Labute approximate surface area is 359 Å². The van der Waals surface area contributed by atoms with E-state index in [0.717, 1.165) is 27.3 Å². The van der Waals surface area contributed by atoms with Crippen molar-refractivity contribution in [2.45, 2.75) is 19.0 Å². The fourth-order valence-electron chi connectivity index (χ4n) is 5.06. The number of hydrogen-bond donors (Lipinski definition) is 0. The van der Waals surface area contributed by atoms with Crippen LogP contribution in [0.3, 0.4) is 0 Å². The molecular weight excluding hydrogens is 854 g/mol. The summed E-state index contributed by atoms with van der Waals surface area (Å²) >= 11 is 0. The van der Waals surface area contributed by atoms with Gasteiger partial charge in [0.25, 0.3) is 0 Å². The van der Waals surface area contributed by atoms with Gasteiger partial charge in [0.05, 0.1) is 19.9 Å². The largest absolute Gasteiger partial charge is 2.00 e. The molecule has 5 heterocycles. The first-order chi connectivity index (χ1) is 26.4. The molecule has 0 unspecified atom stereocenters. The number of aromatic nitrogens is 13. The summed E-state index contributed by atoms with van der Waals surface area (Å²) in [4.78, 5) is 0. The fraction of sp³-hybridized carbons (Fsp3) is 0.143. The zero-order chi connectivity index (χ0) is 38.1. The standard InChI is InChI=1S/C18H15P.C10H10N6O3S.C4H10O.C3HN7.Na.Ru/c1-4-10-16(11-5-1)19(17-12-6-2-7-13-17)18-14-8-3-9-15-18;17-20(18,19)10(14-7-1-4-11-14,15-8-2-5-12-15)16-9-3-6-13-16;1-3-5-4-2;1-2(5-8-4-1)3-6-9-10-7-3;;/h1-15H;1-9H,(H,17,18,19);3-4H2,1-2H3;1H;;/q;;;-2;+1;+2/p+1. The Morgan fingerprint density at radius 3 is 1.43 bits per heavy atom. The van der Waals surface area contributed by atoms with E-state index in [-0.39, 0.29) is 49.0 Å². The third-order valence-corrected chi connectivity index (χ3v) is 11.3. The van der Waals surface area contributed by atoms with Gasteiger partial charge in [-0.25, -0.2) is 27.6 Å². The van der Waals surface area contributed by atoms with Crippen LogP contribution >= 0.6 is 7.92 Å². The molecule has 284 valence electrons. The summed E-state index contributed by atoms with van der Waals surface area (Å²) in [6.07, 6.45) is 9.75. The Balaban J connectivity index is 0.000000217. The molecule has 0 bridgehead atoms. The molecule has 0 aliphatic heterocycles. The molecule has 0 saturated heterocycles. The molecule has 0 radical (unpaired) electrons. The summed E-state index contributed by atoms with van der Waals surface area (Å²) in [5.74, 6) is 0.383. The number of nitrogens with zero attached hydrogens (tertiary/aromatic N) is 12. The van der Waals surface area contributed by atoms with Crippen LogP contribution in [0.5, 0.6) is 0 Å². The zero-order valence-corrected chi connectivity index (χ0v) is 36.2. The molecule has 0 amide bonds. The molecule has 0 aliphatic rings. The topological polar surface area (TPSA) is 214 Å². The smallest absolute Gasteiger partial charge is 0.743 e. The summed E-state index contributed by atoms with van der Waals surface area (Å²) in [7, 11) is -5.82. The van der Waals surface area contributed by atoms with Gasteiger partial charge < -0.3 is 14.4 Å². The number of H-pyrrole nitrogens is 1. The molecule has 8 aromatic rings. The molecule has 0 fully saturated rings. The maximum atomic E-state index is 12.0. The Morgan fingerprint density at radius 1 is 0.732 bits per heavy atom. The van der Waals surface area contributed by atoms with Gasteiger partial charge in [-0.15, -0.1) is 5.10 Å². The van der Waals surface area contributed by atoms with E-state index in [9.17, 15) is 13.0 Å². The number of hydrogen-bond acceptors (Lipinski definition) is 11. The third kappa shape index (κ3) is 11.7. The van der Waals surface area contributed by atoms with Crippen molar-refractivity contribution in [3.05, 3.63) is 153 Å². The van der Waals surface area contributed by atoms with Crippen LogP contribution in [0.1, 0.15) is 13.8 Å². The molecule has 0 aliphatic carbocycles. The monoisotopic (exact) mass is 891 g/mol. The number of benzene rings is 3. The van der Waals surface area contributed by atoms with Crippen molar-refractivity contribution in [3.63, 3.8) is 0 Å². The molecular formula is C35H37N13NaO4PRuS+2. The van der Waals surface area contributed by atoms with Gasteiger partial charge in [-0.3, -0.25) is 15.5 Å². The van der Waals surface area contributed by atoms with Gasteiger partial charge in [-0.2, -0.15) is 15.3 Å². The van der Waals surface area contributed by atoms with Crippen LogP contribution in [-0.4, -0.2) is 76.1 Å². The predicted octanol–water partition coefficient (Wildman–Crippen LogP) is -1.63. The van der Waals surface area contributed by atoms with E-state index in [1.165, 1.54) is 71.3 Å². The van der Waals surface area contributed by atoms with Crippen molar-refractivity contribution in [1.82, 2.24) is 60.3 Å². The van der Waals surface area contributed by atoms with Gasteiger partial charge in [-0.1, -0.05) is 59.8 Å². The number of rotatable bonds is 10. The van der Waals surface area contributed by atoms with Crippen LogP contribution in [0.15, 0.2) is 153 Å². The van der Waals surface area contributed by atoms with Gasteiger partial charge in [0.1, 0.15) is 21.6 Å². The number of ether oxygens (including phenoxy) is 1. The van der Waals surface area contributed by atoms with E-state index >= 15 is 0 Å². The summed E-state index contributed by atoms with van der Waals surface area (Å²) in [6.45, 7) is 5.67. The van der Waals surface area contributed by atoms with Crippen LogP contribution in [0.4, 0.5) is 0 Å². The zero-order valence-electron chi connectivity index (χ0n) is 30.6. The van der Waals surface area contributed by atoms with Crippen molar-refractivity contribution in [1.29, 1.82) is 0 Å². The van der Waals surface area contributed by atoms with Crippen molar-refractivity contribution in [3.8, 4) is 11.5 Å². The van der Waals surface area contributed by atoms with Gasteiger partial charge in [0.2, 0.25) is 0 Å².